The van der Waals surface area contributed by atoms with Crippen molar-refractivity contribution in [1.82, 2.24) is 4.57 Å². The third-order valence-electron chi connectivity index (χ3n) is 6.17. The van der Waals surface area contributed by atoms with Crippen LogP contribution in [0.1, 0.15) is 78.2 Å². The Hall–Kier alpha value is -1.76. The fraction of sp³-hybridized carbons (Fsp3) is 0.520. The molecule has 1 nitrogen and oxygen atoms in total. The zero-order chi connectivity index (χ0) is 18.6. The molecule has 0 saturated heterocycles. The van der Waals surface area contributed by atoms with Gasteiger partial charge in [0.15, 0.2) is 0 Å². The molecule has 0 spiro atoms. The number of aromatic nitrogens is 1. The molecule has 0 fully saturated rings. The summed E-state index contributed by atoms with van der Waals surface area (Å²) in [5.74, 6) is 0. The van der Waals surface area contributed by atoms with Crippen molar-refractivity contribution in [1.29, 1.82) is 0 Å². The molecule has 0 bridgehead atoms. The summed E-state index contributed by atoms with van der Waals surface area (Å²) < 4.78 is 2.55. The van der Waals surface area contributed by atoms with Crippen LogP contribution in [0.25, 0.3) is 21.8 Å². The first-order valence-electron chi connectivity index (χ1n) is 10.6. The quantitative estimate of drug-likeness (QED) is 0.347. The topological polar surface area (TPSA) is 4.93 Å². The predicted molar refractivity (Wildman–Crippen MR) is 116 cm³/mol. The predicted octanol–water partition coefficient (Wildman–Crippen LogP) is 7.84. The first-order valence-corrected chi connectivity index (χ1v) is 10.6. The largest absolute Gasteiger partial charge is 0.340 e. The van der Waals surface area contributed by atoms with Gasteiger partial charge in [0.25, 0.3) is 0 Å². The maximum atomic E-state index is 2.55. The third kappa shape index (κ3) is 3.82. The van der Waals surface area contributed by atoms with E-state index >= 15 is 0 Å². The minimum atomic E-state index is 0.233. The highest BCUT2D eigenvalue weighted by molar-refractivity contribution is 6.08. The van der Waals surface area contributed by atoms with Gasteiger partial charge in [0, 0.05) is 28.4 Å². The van der Waals surface area contributed by atoms with Crippen molar-refractivity contribution in [3.8, 4) is 0 Å². The fourth-order valence-corrected chi connectivity index (χ4v) is 3.97. The molecule has 1 aromatic heterocycles. The Morgan fingerprint density at radius 3 is 2.23 bits per heavy atom. The second-order valence-electron chi connectivity index (χ2n) is 8.41. The molecule has 140 valence electrons. The van der Waals surface area contributed by atoms with Crippen LogP contribution in [0.2, 0.25) is 0 Å². The minimum absolute atomic E-state index is 0.233. The molecule has 0 atom stereocenters. The Morgan fingerprint density at radius 1 is 0.769 bits per heavy atom. The van der Waals surface area contributed by atoms with E-state index in [1.807, 2.05) is 0 Å². The summed E-state index contributed by atoms with van der Waals surface area (Å²) in [6.07, 6.45) is 9.25. The van der Waals surface area contributed by atoms with Gasteiger partial charge in [0.2, 0.25) is 0 Å². The van der Waals surface area contributed by atoms with Crippen LogP contribution >= 0.6 is 0 Å². The molecular formula is C25H35N. The maximum absolute atomic E-state index is 2.55. The van der Waals surface area contributed by atoms with Crippen molar-refractivity contribution in [2.75, 3.05) is 0 Å². The Balaban J connectivity index is 1.92. The second kappa shape index (κ2) is 8.29. The Bertz CT molecular complexity index is 853. The van der Waals surface area contributed by atoms with E-state index in [1.165, 1.54) is 65.9 Å². The van der Waals surface area contributed by atoms with Crippen LogP contribution < -0.4 is 0 Å². The molecule has 0 aliphatic heterocycles. The summed E-state index contributed by atoms with van der Waals surface area (Å²) in [6, 6.07) is 16.1. The van der Waals surface area contributed by atoms with Crippen LogP contribution in [0.5, 0.6) is 0 Å². The number of nitrogens with zero attached hydrogens (tertiary/aromatic N) is 1. The van der Waals surface area contributed by atoms with E-state index in [4.69, 9.17) is 0 Å². The SMILES string of the molecule is CCCCCCCCn1c2ccccc2c2cc(C(C)(C)CC)ccc21. The van der Waals surface area contributed by atoms with E-state index in [9.17, 15) is 0 Å². The number of fused-ring (bicyclic) bond motifs is 3. The van der Waals surface area contributed by atoms with Crippen LogP contribution in [0.15, 0.2) is 42.5 Å². The number of rotatable bonds is 9. The molecule has 3 aromatic rings. The molecular weight excluding hydrogens is 314 g/mol. The summed E-state index contributed by atoms with van der Waals surface area (Å²) >= 11 is 0. The van der Waals surface area contributed by atoms with E-state index in [0.29, 0.717) is 0 Å². The standard InChI is InChI=1S/C25H35N/c1-5-7-8-9-10-13-18-26-23-15-12-11-14-21(23)22-19-20(16-17-24(22)26)25(3,4)6-2/h11-12,14-17,19H,5-10,13,18H2,1-4H3. The zero-order valence-electron chi connectivity index (χ0n) is 17.1. The molecule has 1 heterocycles. The lowest BCUT2D eigenvalue weighted by atomic mass is 9.82. The van der Waals surface area contributed by atoms with Gasteiger partial charge in [-0.2, -0.15) is 0 Å². The lowest BCUT2D eigenvalue weighted by Gasteiger charge is -2.23. The number of benzene rings is 2. The molecule has 0 aliphatic carbocycles. The van der Waals surface area contributed by atoms with Gasteiger partial charge in [-0.25, -0.2) is 0 Å². The lowest BCUT2D eigenvalue weighted by Crippen LogP contribution is -2.15. The number of para-hydroxylation sites is 1. The average molecular weight is 350 g/mol. The molecule has 0 N–H and O–H groups in total. The first-order chi connectivity index (χ1) is 12.6. The van der Waals surface area contributed by atoms with Crippen LogP contribution in [-0.4, -0.2) is 4.57 Å². The van der Waals surface area contributed by atoms with Crippen LogP contribution in [0, 0.1) is 0 Å². The molecule has 3 rings (SSSR count). The van der Waals surface area contributed by atoms with Gasteiger partial charge in [-0.1, -0.05) is 84.1 Å². The molecule has 2 aromatic carbocycles. The molecule has 26 heavy (non-hydrogen) atoms. The van der Waals surface area contributed by atoms with E-state index in [-0.39, 0.29) is 5.41 Å². The highest BCUT2D eigenvalue weighted by Gasteiger charge is 2.20. The Labute approximate surface area is 159 Å². The van der Waals surface area contributed by atoms with Crippen LogP contribution in [0.3, 0.4) is 0 Å². The van der Waals surface area contributed by atoms with Gasteiger partial charge < -0.3 is 4.57 Å². The van der Waals surface area contributed by atoms with E-state index in [0.717, 1.165) is 13.0 Å². The van der Waals surface area contributed by atoms with Crippen molar-refractivity contribution in [3.05, 3.63) is 48.0 Å². The smallest absolute Gasteiger partial charge is 0.0491 e. The van der Waals surface area contributed by atoms with Gasteiger partial charge in [-0.15, -0.1) is 0 Å². The van der Waals surface area contributed by atoms with Gasteiger partial charge >= 0.3 is 0 Å². The average Bonchev–Trinajstić information content (AvgIpc) is 2.98. The van der Waals surface area contributed by atoms with E-state index in [2.05, 4.69) is 74.7 Å². The van der Waals surface area contributed by atoms with Crippen LogP contribution in [0.4, 0.5) is 0 Å². The van der Waals surface area contributed by atoms with Crippen molar-refractivity contribution >= 4 is 21.8 Å². The van der Waals surface area contributed by atoms with Crippen LogP contribution in [-0.2, 0) is 12.0 Å². The summed E-state index contributed by atoms with van der Waals surface area (Å²) in [5.41, 5.74) is 4.48. The first kappa shape index (κ1) is 19.0. The number of aryl methyl sites for hydroxylation is 1. The summed E-state index contributed by atoms with van der Waals surface area (Å²) in [6.45, 7) is 10.4. The molecule has 0 unspecified atom stereocenters. The fourth-order valence-electron chi connectivity index (χ4n) is 3.97. The monoisotopic (exact) mass is 349 g/mol. The number of hydrogen-bond acceptors (Lipinski definition) is 0. The molecule has 0 aliphatic rings. The highest BCUT2D eigenvalue weighted by Crippen LogP contribution is 2.34. The van der Waals surface area contributed by atoms with Crippen molar-refractivity contribution in [2.45, 2.75) is 84.6 Å². The van der Waals surface area contributed by atoms with Gasteiger partial charge in [-0.3, -0.25) is 0 Å². The maximum Gasteiger partial charge on any atom is 0.0491 e. The zero-order valence-corrected chi connectivity index (χ0v) is 17.1. The molecule has 0 saturated carbocycles. The van der Waals surface area contributed by atoms with Crippen molar-refractivity contribution in [3.63, 3.8) is 0 Å². The van der Waals surface area contributed by atoms with Gasteiger partial charge in [0.05, 0.1) is 0 Å². The third-order valence-corrected chi connectivity index (χ3v) is 6.17. The van der Waals surface area contributed by atoms with Crippen molar-refractivity contribution in [2.24, 2.45) is 0 Å². The molecule has 0 radical (unpaired) electrons. The minimum Gasteiger partial charge on any atom is -0.340 e. The van der Waals surface area contributed by atoms with Crippen molar-refractivity contribution < 1.29 is 0 Å². The Kier molecular flexibility index (Phi) is 6.06. The lowest BCUT2D eigenvalue weighted by molar-refractivity contribution is 0.507. The summed E-state index contributed by atoms with van der Waals surface area (Å²) in [5, 5.41) is 2.83. The molecule has 1 heteroatoms. The number of unbranched alkanes of at least 4 members (excludes halogenated alkanes) is 5. The summed E-state index contributed by atoms with van der Waals surface area (Å²) in [7, 11) is 0. The summed E-state index contributed by atoms with van der Waals surface area (Å²) in [4.78, 5) is 0. The van der Waals surface area contributed by atoms with Gasteiger partial charge in [-0.05, 0) is 42.0 Å². The highest BCUT2D eigenvalue weighted by atomic mass is 15.0. The Morgan fingerprint density at radius 2 is 1.46 bits per heavy atom. The molecule has 0 amide bonds. The van der Waals surface area contributed by atoms with E-state index in [1.54, 1.807) is 0 Å². The van der Waals surface area contributed by atoms with Gasteiger partial charge in [0.1, 0.15) is 0 Å². The number of hydrogen-bond donors (Lipinski definition) is 0. The van der Waals surface area contributed by atoms with E-state index < -0.39 is 0 Å². The normalized spacial score (nSPS) is 12.3. The second-order valence-corrected chi connectivity index (χ2v) is 8.41.